The average Bonchev–Trinajstić information content (AvgIpc) is 3.05. The summed E-state index contributed by atoms with van der Waals surface area (Å²) in [6.07, 6.45) is 15.1. The van der Waals surface area contributed by atoms with Gasteiger partial charge in [0, 0.05) is 0 Å². The molecule has 3 heteroatoms. The number of aliphatic hydroxyl groups is 3. The van der Waals surface area contributed by atoms with Gasteiger partial charge in [-0.1, -0.05) is 45.3 Å². The molecule has 0 radical (unpaired) electrons. The lowest BCUT2D eigenvalue weighted by molar-refractivity contribution is -0.0579. The van der Waals surface area contributed by atoms with E-state index in [0.717, 1.165) is 49.4 Å². The zero-order chi connectivity index (χ0) is 21.7. The first kappa shape index (κ1) is 22.8. The third-order valence-electron chi connectivity index (χ3n) is 10.6. The first-order valence-electron chi connectivity index (χ1n) is 12.8. The van der Waals surface area contributed by atoms with Gasteiger partial charge in [0.15, 0.2) is 0 Å². The van der Waals surface area contributed by atoms with Crippen LogP contribution in [0, 0.1) is 40.4 Å². The molecule has 0 aromatic rings. The molecule has 0 heterocycles. The SMILES string of the molecule is C[C@H](CCCC(C)(O)CO)[C@H]1CC[C@H]2[C@@H]3CC=C4C[C@@H](O)CC[C@]4(C)[C@H]3CC[C@]12C. The predicted molar refractivity (Wildman–Crippen MR) is 122 cm³/mol. The van der Waals surface area contributed by atoms with Crippen LogP contribution in [0.25, 0.3) is 0 Å². The fourth-order valence-electron chi connectivity index (χ4n) is 8.70. The van der Waals surface area contributed by atoms with Crippen LogP contribution >= 0.6 is 0 Å². The maximum atomic E-state index is 10.2. The van der Waals surface area contributed by atoms with Gasteiger partial charge in [0.1, 0.15) is 0 Å². The summed E-state index contributed by atoms with van der Waals surface area (Å²) in [6, 6.07) is 0. The first-order valence-corrected chi connectivity index (χ1v) is 12.8. The van der Waals surface area contributed by atoms with E-state index in [0.29, 0.717) is 23.2 Å². The van der Waals surface area contributed by atoms with Crippen molar-refractivity contribution in [3.05, 3.63) is 11.6 Å². The number of fused-ring (bicyclic) bond motifs is 5. The highest BCUT2D eigenvalue weighted by molar-refractivity contribution is 5.25. The van der Waals surface area contributed by atoms with E-state index in [1.165, 1.54) is 38.5 Å². The molecule has 4 rings (SSSR count). The van der Waals surface area contributed by atoms with E-state index in [2.05, 4.69) is 26.8 Å². The van der Waals surface area contributed by atoms with Gasteiger partial charge in [-0.05, 0) is 105 Å². The van der Waals surface area contributed by atoms with Crippen LogP contribution in [0.5, 0.6) is 0 Å². The Balaban J connectivity index is 1.45. The molecule has 9 atom stereocenters. The minimum absolute atomic E-state index is 0.113. The number of hydrogen-bond donors (Lipinski definition) is 3. The zero-order valence-electron chi connectivity index (χ0n) is 19.9. The summed E-state index contributed by atoms with van der Waals surface area (Å²) in [7, 11) is 0. The molecule has 0 aromatic heterocycles. The van der Waals surface area contributed by atoms with Crippen LogP contribution in [-0.2, 0) is 0 Å². The van der Waals surface area contributed by atoms with E-state index in [1.54, 1.807) is 12.5 Å². The van der Waals surface area contributed by atoms with Crippen molar-refractivity contribution < 1.29 is 15.3 Å². The first-order chi connectivity index (χ1) is 14.1. The minimum Gasteiger partial charge on any atom is -0.393 e. The second-order valence-corrected chi connectivity index (χ2v) is 12.4. The Labute approximate surface area is 184 Å². The van der Waals surface area contributed by atoms with Gasteiger partial charge in [-0.2, -0.15) is 0 Å². The molecule has 0 aliphatic heterocycles. The van der Waals surface area contributed by atoms with Crippen molar-refractivity contribution in [2.75, 3.05) is 6.61 Å². The number of rotatable bonds is 6. The van der Waals surface area contributed by atoms with E-state index in [9.17, 15) is 15.3 Å². The van der Waals surface area contributed by atoms with Crippen LogP contribution < -0.4 is 0 Å². The van der Waals surface area contributed by atoms with Crippen LogP contribution in [0.3, 0.4) is 0 Å². The molecule has 0 bridgehead atoms. The molecule has 3 saturated carbocycles. The second-order valence-electron chi connectivity index (χ2n) is 12.4. The Hall–Kier alpha value is -0.380. The maximum absolute atomic E-state index is 10.2. The van der Waals surface area contributed by atoms with Gasteiger partial charge in [-0.25, -0.2) is 0 Å². The van der Waals surface area contributed by atoms with E-state index in [4.69, 9.17) is 0 Å². The highest BCUT2D eigenvalue weighted by Gasteiger charge is 2.59. The number of aliphatic hydroxyl groups excluding tert-OH is 2. The molecule has 172 valence electrons. The zero-order valence-corrected chi connectivity index (χ0v) is 19.9. The van der Waals surface area contributed by atoms with E-state index < -0.39 is 5.60 Å². The summed E-state index contributed by atoms with van der Waals surface area (Å²) in [5.41, 5.74) is 1.46. The van der Waals surface area contributed by atoms with Gasteiger partial charge in [-0.15, -0.1) is 0 Å². The second kappa shape index (κ2) is 8.19. The normalized spacial score (nSPS) is 46.2. The molecular formula is C27H46O3. The highest BCUT2D eigenvalue weighted by Crippen LogP contribution is 2.67. The van der Waals surface area contributed by atoms with Crippen molar-refractivity contribution in [3.8, 4) is 0 Å². The van der Waals surface area contributed by atoms with E-state index in [-0.39, 0.29) is 12.7 Å². The number of allylic oxidation sites excluding steroid dienone is 1. The summed E-state index contributed by atoms with van der Waals surface area (Å²) in [4.78, 5) is 0. The van der Waals surface area contributed by atoms with Gasteiger partial charge >= 0.3 is 0 Å². The van der Waals surface area contributed by atoms with Crippen LogP contribution in [0.4, 0.5) is 0 Å². The van der Waals surface area contributed by atoms with E-state index >= 15 is 0 Å². The predicted octanol–water partition coefficient (Wildman–Crippen LogP) is 5.48. The topological polar surface area (TPSA) is 60.7 Å². The summed E-state index contributed by atoms with van der Waals surface area (Å²) >= 11 is 0. The Morgan fingerprint density at radius 3 is 2.63 bits per heavy atom. The molecule has 1 unspecified atom stereocenters. The van der Waals surface area contributed by atoms with Gasteiger partial charge in [0.05, 0.1) is 18.3 Å². The lowest BCUT2D eigenvalue weighted by Crippen LogP contribution is -2.50. The fraction of sp³-hybridized carbons (Fsp3) is 0.926. The highest BCUT2D eigenvalue weighted by atomic mass is 16.3. The van der Waals surface area contributed by atoms with Crippen molar-refractivity contribution in [3.63, 3.8) is 0 Å². The van der Waals surface area contributed by atoms with Gasteiger partial charge in [0.2, 0.25) is 0 Å². The largest absolute Gasteiger partial charge is 0.393 e. The molecule has 0 aromatic carbocycles. The average molecular weight is 419 g/mol. The van der Waals surface area contributed by atoms with Gasteiger partial charge in [0.25, 0.3) is 0 Å². The maximum Gasteiger partial charge on any atom is 0.0849 e. The summed E-state index contributed by atoms with van der Waals surface area (Å²) in [5, 5.41) is 29.7. The van der Waals surface area contributed by atoms with Crippen molar-refractivity contribution >= 4 is 0 Å². The van der Waals surface area contributed by atoms with E-state index in [1.807, 2.05) is 0 Å². The molecule has 0 amide bonds. The Kier molecular flexibility index (Phi) is 6.23. The molecule has 4 aliphatic rings. The molecule has 3 N–H and O–H groups in total. The van der Waals surface area contributed by atoms with Crippen LogP contribution in [0.15, 0.2) is 11.6 Å². The van der Waals surface area contributed by atoms with Crippen molar-refractivity contribution in [1.82, 2.24) is 0 Å². The Morgan fingerprint density at radius 2 is 1.90 bits per heavy atom. The van der Waals surface area contributed by atoms with Crippen molar-refractivity contribution in [2.24, 2.45) is 40.4 Å². The van der Waals surface area contributed by atoms with Crippen LogP contribution in [-0.4, -0.2) is 33.6 Å². The standard InChI is InChI=1S/C27H46O3/c1-18(6-5-13-25(2,30)17-28)22-9-10-23-21-8-7-19-16-20(29)11-14-26(19,3)24(21)12-15-27(22,23)4/h7,18,20-24,28-30H,5-6,8-17H2,1-4H3/t18-,20+,21+,22-,23+,24+,25?,26+,27-/m1/s1. The third-order valence-corrected chi connectivity index (χ3v) is 10.6. The summed E-state index contributed by atoms with van der Waals surface area (Å²) in [6.45, 7) is 9.19. The molecule has 0 spiro atoms. The van der Waals surface area contributed by atoms with Crippen molar-refractivity contribution in [2.45, 2.75) is 110 Å². The minimum atomic E-state index is -0.922. The molecule has 0 saturated heterocycles. The molecular weight excluding hydrogens is 372 g/mol. The lowest BCUT2D eigenvalue weighted by atomic mass is 9.47. The molecule has 30 heavy (non-hydrogen) atoms. The fourth-order valence-corrected chi connectivity index (χ4v) is 8.70. The van der Waals surface area contributed by atoms with Crippen LogP contribution in [0.2, 0.25) is 0 Å². The molecule has 3 nitrogen and oxygen atoms in total. The summed E-state index contributed by atoms with van der Waals surface area (Å²) < 4.78 is 0. The number of hydrogen-bond acceptors (Lipinski definition) is 3. The molecule has 3 fully saturated rings. The smallest absolute Gasteiger partial charge is 0.0849 e. The van der Waals surface area contributed by atoms with Gasteiger partial charge in [-0.3, -0.25) is 0 Å². The Bertz CT molecular complexity index is 654. The third kappa shape index (κ3) is 3.82. The van der Waals surface area contributed by atoms with Crippen molar-refractivity contribution in [1.29, 1.82) is 0 Å². The van der Waals surface area contributed by atoms with Crippen LogP contribution in [0.1, 0.15) is 98.3 Å². The Morgan fingerprint density at radius 1 is 1.13 bits per heavy atom. The molecule has 4 aliphatic carbocycles. The lowest BCUT2D eigenvalue weighted by Gasteiger charge is -2.58. The monoisotopic (exact) mass is 418 g/mol. The van der Waals surface area contributed by atoms with Gasteiger partial charge < -0.3 is 15.3 Å². The summed E-state index contributed by atoms with van der Waals surface area (Å²) in [5.74, 6) is 4.00. The quantitative estimate of drug-likeness (QED) is 0.501.